The highest BCUT2D eigenvalue weighted by atomic mass is 35.5. The molecule has 0 aromatic heterocycles. The van der Waals surface area contributed by atoms with E-state index in [1.807, 2.05) is 6.92 Å². The van der Waals surface area contributed by atoms with Crippen molar-refractivity contribution in [2.45, 2.75) is 45.5 Å². The zero-order chi connectivity index (χ0) is 9.07. The van der Waals surface area contributed by atoms with Gasteiger partial charge in [-0.3, -0.25) is 0 Å². The molecule has 0 saturated heterocycles. The maximum absolute atomic E-state index is 5.76. The second-order valence-electron chi connectivity index (χ2n) is 4.02. The fourth-order valence-corrected chi connectivity index (χ4v) is 5.14. The molecule has 1 atom stereocenters. The van der Waals surface area contributed by atoms with Gasteiger partial charge in [-0.15, -0.1) is 0 Å². The van der Waals surface area contributed by atoms with Crippen molar-refractivity contribution in [2.24, 2.45) is 5.92 Å². The first-order chi connectivity index (χ1) is 4.83. The Morgan fingerprint density at radius 1 is 1.27 bits per heavy atom. The third kappa shape index (κ3) is 6.85. The maximum atomic E-state index is 5.76. The van der Waals surface area contributed by atoms with Crippen LogP contribution in [0.15, 0.2) is 0 Å². The molecular formula is C8H19ClOSi. The normalized spacial score (nSPS) is 15.5. The second-order valence-corrected chi connectivity index (χ2v) is 8.80. The summed E-state index contributed by atoms with van der Waals surface area (Å²) in [4.78, 5) is 0. The molecule has 0 aliphatic heterocycles. The standard InChI is InChI=1S/C8H19ClOSi/c1-7(2)6-11(4,5)10-8(3)9/h7-8H,6H2,1-5H3. The van der Waals surface area contributed by atoms with Crippen LogP contribution in [0.4, 0.5) is 0 Å². The van der Waals surface area contributed by atoms with Gasteiger partial charge in [0.2, 0.25) is 0 Å². The van der Waals surface area contributed by atoms with Crippen molar-refractivity contribution < 1.29 is 4.43 Å². The van der Waals surface area contributed by atoms with E-state index in [2.05, 4.69) is 26.9 Å². The topological polar surface area (TPSA) is 9.23 Å². The summed E-state index contributed by atoms with van der Waals surface area (Å²) in [5.41, 5.74) is -0.129. The molecule has 0 aromatic carbocycles. The van der Waals surface area contributed by atoms with Gasteiger partial charge in [0.15, 0.2) is 8.32 Å². The van der Waals surface area contributed by atoms with Crippen molar-refractivity contribution in [3.8, 4) is 0 Å². The quantitative estimate of drug-likeness (QED) is 0.492. The van der Waals surface area contributed by atoms with Crippen molar-refractivity contribution in [3.63, 3.8) is 0 Å². The largest absolute Gasteiger partial charge is 0.402 e. The molecule has 0 bridgehead atoms. The predicted octanol–water partition coefficient (Wildman–Crippen LogP) is 3.45. The highest BCUT2D eigenvalue weighted by molar-refractivity contribution is 6.71. The van der Waals surface area contributed by atoms with Crippen LogP contribution in [0.2, 0.25) is 19.1 Å². The van der Waals surface area contributed by atoms with Crippen LogP contribution in [0.3, 0.4) is 0 Å². The molecule has 68 valence electrons. The average molecular weight is 195 g/mol. The SMILES string of the molecule is CC(C)C[Si](C)(C)OC(C)Cl. The lowest BCUT2D eigenvalue weighted by Crippen LogP contribution is -2.33. The molecule has 0 heterocycles. The van der Waals surface area contributed by atoms with E-state index in [1.54, 1.807) is 0 Å². The Morgan fingerprint density at radius 3 is 2.00 bits per heavy atom. The minimum Gasteiger partial charge on any atom is -0.402 e. The van der Waals surface area contributed by atoms with Crippen molar-refractivity contribution in [2.75, 3.05) is 0 Å². The molecule has 0 spiro atoms. The molecule has 0 amide bonds. The predicted molar refractivity (Wildman–Crippen MR) is 53.5 cm³/mol. The Morgan fingerprint density at radius 2 is 1.73 bits per heavy atom. The molecule has 3 heteroatoms. The fraction of sp³-hybridized carbons (Fsp3) is 1.00. The summed E-state index contributed by atoms with van der Waals surface area (Å²) in [7, 11) is -1.46. The van der Waals surface area contributed by atoms with Gasteiger partial charge in [-0.05, 0) is 32.0 Å². The zero-order valence-corrected chi connectivity index (χ0v) is 9.90. The molecule has 1 unspecified atom stereocenters. The third-order valence-electron chi connectivity index (χ3n) is 1.38. The second kappa shape index (κ2) is 4.48. The monoisotopic (exact) mass is 194 g/mol. The van der Waals surface area contributed by atoms with E-state index >= 15 is 0 Å². The van der Waals surface area contributed by atoms with Crippen LogP contribution in [-0.2, 0) is 4.43 Å². The first-order valence-corrected chi connectivity index (χ1v) is 7.70. The molecular weight excluding hydrogens is 176 g/mol. The van der Waals surface area contributed by atoms with Crippen LogP contribution in [0.25, 0.3) is 0 Å². The first kappa shape index (κ1) is 11.5. The molecule has 0 aromatic rings. The Bertz CT molecular complexity index is 101. The van der Waals surface area contributed by atoms with Crippen molar-refractivity contribution in [1.29, 1.82) is 0 Å². The van der Waals surface area contributed by atoms with Crippen LogP contribution in [-0.4, -0.2) is 13.9 Å². The maximum Gasteiger partial charge on any atom is 0.189 e. The molecule has 1 nitrogen and oxygen atoms in total. The summed E-state index contributed by atoms with van der Waals surface area (Å²) in [6.07, 6.45) is 0. The lowest BCUT2D eigenvalue weighted by molar-refractivity contribution is 0.286. The lowest BCUT2D eigenvalue weighted by atomic mass is 10.3. The minimum absolute atomic E-state index is 0.129. The van der Waals surface area contributed by atoms with Gasteiger partial charge in [-0.25, -0.2) is 0 Å². The first-order valence-electron chi connectivity index (χ1n) is 4.15. The Balaban J connectivity index is 3.79. The smallest absolute Gasteiger partial charge is 0.189 e. The van der Waals surface area contributed by atoms with Crippen LogP contribution < -0.4 is 0 Å². The summed E-state index contributed by atoms with van der Waals surface area (Å²) < 4.78 is 5.65. The van der Waals surface area contributed by atoms with Gasteiger partial charge in [0.25, 0.3) is 0 Å². The summed E-state index contributed by atoms with van der Waals surface area (Å²) in [6, 6.07) is 1.18. The van der Waals surface area contributed by atoms with Gasteiger partial charge in [-0.2, -0.15) is 0 Å². The third-order valence-corrected chi connectivity index (χ3v) is 4.41. The van der Waals surface area contributed by atoms with Crippen LogP contribution in [0, 0.1) is 5.92 Å². The van der Waals surface area contributed by atoms with Gasteiger partial charge >= 0.3 is 0 Å². The number of rotatable bonds is 4. The van der Waals surface area contributed by atoms with Crippen molar-refractivity contribution in [3.05, 3.63) is 0 Å². The average Bonchev–Trinajstić information content (AvgIpc) is 1.53. The van der Waals surface area contributed by atoms with Gasteiger partial charge in [-0.1, -0.05) is 25.4 Å². The highest BCUT2D eigenvalue weighted by Gasteiger charge is 2.25. The van der Waals surface area contributed by atoms with Gasteiger partial charge in [0.1, 0.15) is 5.56 Å². The van der Waals surface area contributed by atoms with Crippen LogP contribution in [0.1, 0.15) is 20.8 Å². The fourth-order valence-electron chi connectivity index (χ4n) is 1.47. The summed E-state index contributed by atoms with van der Waals surface area (Å²) in [5.74, 6) is 0.715. The minimum atomic E-state index is -1.46. The molecule has 0 saturated carbocycles. The summed E-state index contributed by atoms with van der Waals surface area (Å²) in [5, 5.41) is 0. The molecule has 11 heavy (non-hydrogen) atoms. The van der Waals surface area contributed by atoms with E-state index in [0.29, 0.717) is 5.92 Å². The van der Waals surface area contributed by atoms with E-state index in [-0.39, 0.29) is 5.56 Å². The number of hydrogen-bond donors (Lipinski definition) is 0. The summed E-state index contributed by atoms with van der Waals surface area (Å²) >= 11 is 5.76. The van der Waals surface area contributed by atoms with Crippen LogP contribution >= 0.6 is 11.6 Å². The Kier molecular flexibility index (Phi) is 4.67. The number of halogens is 1. The zero-order valence-electron chi connectivity index (χ0n) is 8.15. The summed E-state index contributed by atoms with van der Waals surface area (Å²) in [6.45, 7) is 10.8. The van der Waals surface area contributed by atoms with Crippen molar-refractivity contribution >= 4 is 19.9 Å². The molecule has 0 rings (SSSR count). The lowest BCUT2D eigenvalue weighted by Gasteiger charge is -2.26. The van der Waals surface area contributed by atoms with Gasteiger partial charge < -0.3 is 4.43 Å². The van der Waals surface area contributed by atoms with E-state index < -0.39 is 8.32 Å². The van der Waals surface area contributed by atoms with E-state index in [1.165, 1.54) is 6.04 Å². The molecule has 0 aliphatic rings. The van der Waals surface area contributed by atoms with E-state index in [4.69, 9.17) is 16.0 Å². The number of alkyl halides is 1. The van der Waals surface area contributed by atoms with Gasteiger partial charge in [0, 0.05) is 0 Å². The Labute approximate surface area is 76.2 Å². The molecule has 0 fully saturated rings. The van der Waals surface area contributed by atoms with Crippen molar-refractivity contribution in [1.82, 2.24) is 0 Å². The highest BCUT2D eigenvalue weighted by Crippen LogP contribution is 2.20. The Hall–Kier alpha value is 0.467. The molecule has 0 radical (unpaired) electrons. The van der Waals surface area contributed by atoms with E-state index in [9.17, 15) is 0 Å². The molecule has 0 aliphatic carbocycles. The van der Waals surface area contributed by atoms with Gasteiger partial charge in [0.05, 0.1) is 0 Å². The number of hydrogen-bond acceptors (Lipinski definition) is 1. The van der Waals surface area contributed by atoms with E-state index in [0.717, 1.165) is 0 Å². The molecule has 0 N–H and O–H groups in total. The van der Waals surface area contributed by atoms with Crippen LogP contribution in [0.5, 0.6) is 0 Å².